The van der Waals surface area contributed by atoms with Crippen molar-refractivity contribution in [2.75, 3.05) is 46.1 Å². The number of nitrogens with zero attached hydrogens (tertiary/aromatic N) is 1. The first kappa shape index (κ1) is 42.4. The van der Waals surface area contributed by atoms with E-state index in [4.69, 9.17) is 23.7 Å². The van der Waals surface area contributed by atoms with Gasteiger partial charge in [-0.05, 0) is 132 Å². The third-order valence-electron chi connectivity index (χ3n) is 12.5. The van der Waals surface area contributed by atoms with E-state index in [1.807, 2.05) is 0 Å². The highest BCUT2D eigenvalue weighted by Gasteiger charge is 2.48. The number of hydrogen-bond donors (Lipinski definition) is 0. The lowest BCUT2D eigenvalue weighted by atomic mass is 9.60. The molecule has 0 N–H and O–H groups in total. The Kier molecular flexibility index (Phi) is 18.6. The smallest absolute Gasteiger partial charge is 0.465 e. The lowest BCUT2D eigenvalue weighted by Gasteiger charge is -2.45. The summed E-state index contributed by atoms with van der Waals surface area (Å²) >= 11 is 0. The Morgan fingerprint density at radius 3 is 1.98 bits per heavy atom. The minimum atomic E-state index is -0.779. The maximum Gasteiger partial charge on any atom is 0.508 e. The number of rotatable bonds is 24. The largest absolute Gasteiger partial charge is 0.508 e. The first-order chi connectivity index (χ1) is 25.2. The van der Waals surface area contributed by atoms with Crippen molar-refractivity contribution < 1.29 is 42.9 Å². The van der Waals surface area contributed by atoms with Crippen molar-refractivity contribution in [3.63, 3.8) is 0 Å². The average molecular weight is 734 g/mol. The van der Waals surface area contributed by atoms with Crippen molar-refractivity contribution in [3.05, 3.63) is 0 Å². The van der Waals surface area contributed by atoms with Gasteiger partial charge in [-0.25, -0.2) is 4.79 Å². The zero-order chi connectivity index (χ0) is 37.2. The molecule has 10 nitrogen and oxygen atoms in total. The van der Waals surface area contributed by atoms with Gasteiger partial charge in [0.2, 0.25) is 0 Å². The number of unbranched alkanes of at least 4 members (excludes halogenated alkanes) is 3. The van der Waals surface area contributed by atoms with Crippen molar-refractivity contribution in [3.8, 4) is 0 Å². The summed E-state index contributed by atoms with van der Waals surface area (Å²) in [4.78, 5) is 52.9. The highest BCUT2D eigenvalue weighted by Crippen LogP contribution is 2.58. The van der Waals surface area contributed by atoms with E-state index in [0.717, 1.165) is 88.3 Å². The Bertz CT molecular complexity index is 1070. The van der Waals surface area contributed by atoms with Gasteiger partial charge in [-0.15, -0.1) is 0 Å². The molecule has 52 heavy (non-hydrogen) atoms. The van der Waals surface area contributed by atoms with Gasteiger partial charge in [0, 0.05) is 19.4 Å². The van der Waals surface area contributed by atoms with E-state index >= 15 is 0 Å². The van der Waals surface area contributed by atoms with Crippen molar-refractivity contribution in [1.82, 2.24) is 4.90 Å². The van der Waals surface area contributed by atoms with Crippen LogP contribution in [0.4, 0.5) is 4.79 Å². The Morgan fingerprint density at radius 2 is 1.31 bits per heavy atom. The highest BCUT2D eigenvalue weighted by atomic mass is 16.7. The second-order valence-electron chi connectivity index (χ2n) is 16.8. The van der Waals surface area contributed by atoms with Gasteiger partial charge in [-0.1, -0.05) is 46.5 Å². The Labute approximate surface area is 314 Å². The molecule has 3 unspecified atom stereocenters. The van der Waals surface area contributed by atoms with Gasteiger partial charge < -0.3 is 28.6 Å². The molecule has 0 amide bonds. The number of hydrogen-bond acceptors (Lipinski definition) is 10. The van der Waals surface area contributed by atoms with Gasteiger partial charge in [-0.2, -0.15) is 0 Å². The summed E-state index contributed by atoms with van der Waals surface area (Å²) in [7, 11) is 0. The maximum absolute atomic E-state index is 13.2. The maximum atomic E-state index is 13.2. The van der Waals surface area contributed by atoms with Crippen LogP contribution in [0.5, 0.6) is 0 Å². The first-order valence-corrected chi connectivity index (χ1v) is 21.2. The van der Waals surface area contributed by atoms with Crippen LogP contribution in [0.1, 0.15) is 156 Å². The lowest BCUT2D eigenvalue weighted by Crippen LogP contribution is -2.36. The summed E-state index contributed by atoms with van der Waals surface area (Å²) in [6, 6.07) is 0. The summed E-state index contributed by atoms with van der Waals surface area (Å²) in [6.45, 7) is 9.27. The first-order valence-electron chi connectivity index (χ1n) is 21.2. The second kappa shape index (κ2) is 22.8. The molecule has 0 spiro atoms. The third-order valence-corrected chi connectivity index (χ3v) is 12.5. The molecular formula is C42H71NO9. The second-order valence-corrected chi connectivity index (χ2v) is 16.8. The number of fused-ring (bicyclic) bond motifs is 1. The van der Waals surface area contributed by atoms with Crippen LogP contribution in [-0.4, -0.2) is 81.1 Å². The molecule has 5 rings (SSSR count). The van der Waals surface area contributed by atoms with Crippen LogP contribution in [0.3, 0.4) is 0 Å². The van der Waals surface area contributed by atoms with Crippen molar-refractivity contribution >= 4 is 24.1 Å². The zero-order valence-corrected chi connectivity index (χ0v) is 32.9. The lowest BCUT2D eigenvalue weighted by molar-refractivity contribution is -0.154. The van der Waals surface area contributed by atoms with Crippen molar-refractivity contribution in [2.24, 2.45) is 35.0 Å². The number of carbonyl (C=O) groups is 4. The van der Waals surface area contributed by atoms with Crippen LogP contribution in [-0.2, 0) is 38.1 Å². The Hall–Kier alpha value is -2.36. The monoisotopic (exact) mass is 734 g/mol. The molecule has 0 aromatic carbocycles. The van der Waals surface area contributed by atoms with Crippen LogP contribution >= 0.6 is 0 Å². The molecule has 0 radical (unpaired) electrons. The predicted octanol–water partition coefficient (Wildman–Crippen LogP) is 8.81. The molecule has 298 valence electrons. The van der Waals surface area contributed by atoms with Gasteiger partial charge in [0.15, 0.2) is 0 Å². The van der Waals surface area contributed by atoms with Gasteiger partial charge >= 0.3 is 24.1 Å². The minimum absolute atomic E-state index is 0.000586. The van der Waals surface area contributed by atoms with Crippen LogP contribution in [0.2, 0.25) is 0 Å². The minimum Gasteiger partial charge on any atom is -0.465 e. The fraction of sp³-hybridized carbons (Fsp3) is 0.905. The van der Waals surface area contributed by atoms with Gasteiger partial charge in [0.05, 0.1) is 18.9 Å². The van der Waals surface area contributed by atoms with E-state index < -0.39 is 18.0 Å². The quantitative estimate of drug-likeness (QED) is 0.0541. The highest BCUT2D eigenvalue weighted by molar-refractivity contribution is 5.71. The SMILES string of the molecule is CCCCCC1CCC(OC(=O)CCCCC(=O)OCC(COC(=O)CC23CCC4CC(CC(C4)C2)C3)COC(=O)OCCCN(CC)CC)CC1. The topological polar surface area (TPSA) is 118 Å². The molecule has 5 saturated carbocycles. The van der Waals surface area contributed by atoms with E-state index in [-0.39, 0.29) is 62.7 Å². The number of carbonyl (C=O) groups excluding carboxylic acids is 4. The average Bonchev–Trinajstić information content (AvgIpc) is 3.32. The summed E-state index contributed by atoms with van der Waals surface area (Å²) in [5, 5.41) is 0. The van der Waals surface area contributed by atoms with E-state index in [1.165, 1.54) is 51.4 Å². The van der Waals surface area contributed by atoms with Gasteiger partial charge in [0.25, 0.3) is 0 Å². The fourth-order valence-corrected chi connectivity index (χ4v) is 9.74. The zero-order valence-electron chi connectivity index (χ0n) is 32.9. The molecule has 4 bridgehead atoms. The molecular weight excluding hydrogens is 662 g/mol. The van der Waals surface area contributed by atoms with Crippen LogP contribution in [0.25, 0.3) is 0 Å². The van der Waals surface area contributed by atoms with E-state index in [0.29, 0.717) is 25.7 Å². The molecule has 3 atom stereocenters. The molecule has 0 aliphatic heterocycles. The molecule has 5 aliphatic carbocycles. The van der Waals surface area contributed by atoms with E-state index in [1.54, 1.807) is 0 Å². The third kappa shape index (κ3) is 15.2. The summed E-state index contributed by atoms with van der Waals surface area (Å²) < 4.78 is 27.7. The molecule has 5 fully saturated rings. The van der Waals surface area contributed by atoms with Crippen LogP contribution in [0, 0.1) is 35.0 Å². The summed E-state index contributed by atoms with van der Waals surface area (Å²) in [5.74, 6) is 1.75. The standard InChI is InChI=1S/C42H71NO9/c1-4-7-8-12-32-15-17-37(18-16-32)52-39(45)14-10-9-13-38(44)49-29-36(31-51-41(47)48-22-11-21-43(5-2)6-3)30-50-40(46)28-42-20-19-33-23-34(26-42)25-35(24-33)27-42/h32-37H,4-31H2,1-3H3. The van der Waals surface area contributed by atoms with E-state index in [2.05, 4.69) is 25.7 Å². The fourth-order valence-electron chi connectivity index (χ4n) is 9.74. The van der Waals surface area contributed by atoms with E-state index in [9.17, 15) is 19.2 Å². The Balaban J connectivity index is 1.15. The molecule has 0 aromatic heterocycles. The normalized spacial score (nSPS) is 27.1. The summed E-state index contributed by atoms with van der Waals surface area (Å²) in [5.41, 5.74) is 0.0447. The summed E-state index contributed by atoms with van der Waals surface area (Å²) in [6.07, 6.45) is 19.7. The number of esters is 3. The molecule has 0 saturated heterocycles. The van der Waals surface area contributed by atoms with Crippen LogP contribution in [0.15, 0.2) is 0 Å². The van der Waals surface area contributed by atoms with Crippen molar-refractivity contribution in [2.45, 2.75) is 162 Å². The molecule has 5 aliphatic rings. The van der Waals surface area contributed by atoms with Crippen molar-refractivity contribution in [1.29, 1.82) is 0 Å². The van der Waals surface area contributed by atoms with Gasteiger partial charge in [-0.3, -0.25) is 14.4 Å². The van der Waals surface area contributed by atoms with Crippen LogP contribution < -0.4 is 0 Å². The molecule has 10 heteroatoms. The van der Waals surface area contributed by atoms with Gasteiger partial charge in [0.1, 0.15) is 25.9 Å². The molecule has 0 heterocycles. The molecule has 0 aromatic rings. The predicted molar refractivity (Wildman–Crippen MR) is 199 cm³/mol. The Morgan fingerprint density at radius 1 is 0.673 bits per heavy atom. The number of ether oxygens (including phenoxy) is 5.